The van der Waals surface area contributed by atoms with Crippen LogP contribution in [-0.2, 0) is 12.0 Å². The van der Waals surface area contributed by atoms with Gasteiger partial charge in [-0.15, -0.1) is 11.3 Å². The lowest BCUT2D eigenvalue weighted by molar-refractivity contribution is 0.174. The van der Waals surface area contributed by atoms with E-state index in [9.17, 15) is 0 Å². The number of nitrogens with zero attached hydrogens (tertiary/aromatic N) is 4. The average Bonchev–Trinajstić information content (AvgIpc) is 3.95. The lowest BCUT2D eigenvalue weighted by Crippen LogP contribution is -2.37. The van der Waals surface area contributed by atoms with Crippen molar-refractivity contribution >= 4 is 48.8 Å². The second-order valence-electron chi connectivity index (χ2n) is 12.8. The van der Waals surface area contributed by atoms with Crippen molar-refractivity contribution in [1.29, 1.82) is 0 Å². The molecule has 1 aliphatic heterocycles. The predicted octanol–water partition coefficient (Wildman–Crippen LogP) is 9.02. The van der Waals surface area contributed by atoms with Crippen LogP contribution in [0.5, 0.6) is 0 Å². The maximum absolute atomic E-state index is 5.05. The van der Waals surface area contributed by atoms with Gasteiger partial charge >= 0.3 is 0 Å². The van der Waals surface area contributed by atoms with Crippen LogP contribution >= 0.6 is 27.3 Å². The van der Waals surface area contributed by atoms with E-state index in [0.29, 0.717) is 17.3 Å². The first-order valence-electron chi connectivity index (χ1n) is 15.7. The Kier molecular flexibility index (Phi) is 6.88. The van der Waals surface area contributed by atoms with Crippen molar-refractivity contribution < 1.29 is 0 Å². The number of anilines is 1. The topological polar surface area (TPSA) is 45.5 Å². The van der Waals surface area contributed by atoms with Gasteiger partial charge in [0.05, 0.1) is 16.4 Å². The smallest absolute Gasteiger partial charge is 0.172 e. The molecule has 1 atom stereocenters. The summed E-state index contributed by atoms with van der Waals surface area (Å²) < 4.78 is 4.35. The number of hydrogen-bond acceptors (Lipinski definition) is 5. The summed E-state index contributed by atoms with van der Waals surface area (Å²) in [6, 6.07) is 20.1. The van der Waals surface area contributed by atoms with Crippen LogP contribution in [0.4, 0.5) is 5.82 Å². The molecule has 3 aliphatic rings. The van der Waals surface area contributed by atoms with Gasteiger partial charge in [0.15, 0.2) is 5.65 Å². The van der Waals surface area contributed by atoms with Crippen molar-refractivity contribution in [3.8, 4) is 11.3 Å². The molecular formula is C35H38BrN5S. The molecule has 5 nitrogen and oxygen atoms in total. The van der Waals surface area contributed by atoms with E-state index >= 15 is 0 Å². The normalized spacial score (nSPS) is 20.4. The molecule has 3 fully saturated rings. The Hall–Kier alpha value is -2.74. The Morgan fingerprint density at radius 1 is 1.07 bits per heavy atom. The first-order valence-corrected chi connectivity index (χ1v) is 17.3. The molecule has 5 aromatic rings. The Labute approximate surface area is 260 Å². The van der Waals surface area contributed by atoms with Gasteiger partial charge in [-0.3, -0.25) is 4.90 Å². The molecule has 42 heavy (non-hydrogen) atoms. The minimum Gasteiger partial charge on any atom is -0.370 e. The van der Waals surface area contributed by atoms with Crippen LogP contribution in [0.3, 0.4) is 0 Å². The first kappa shape index (κ1) is 26.9. The zero-order chi connectivity index (χ0) is 28.3. The number of hydrogen-bond donors (Lipinski definition) is 1. The lowest BCUT2D eigenvalue weighted by atomic mass is 9.90. The minimum absolute atomic E-state index is 0.423. The van der Waals surface area contributed by atoms with Gasteiger partial charge in [-0.05, 0) is 107 Å². The highest BCUT2D eigenvalue weighted by Gasteiger charge is 2.45. The summed E-state index contributed by atoms with van der Waals surface area (Å²) in [6.45, 7) is 6.73. The molecule has 4 heterocycles. The Morgan fingerprint density at radius 3 is 2.74 bits per heavy atom. The van der Waals surface area contributed by atoms with Gasteiger partial charge in [0.25, 0.3) is 0 Å². The molecule has 2 saturated carbocycles. The minimum atomic E-state index is 0.423. The second-order valence-corrected chi connectivity index (χ2v) is 14.8. The van der Waals surface area contributed by atoms with Gasteiger partial charge in [0.2, 0.25) is 0 Å². The summed E-state index contributed by atoms with van der Waals surface area (Å²) >= 11 is 5.74. The number of likely N-dealkylation sites (tertiary alicyclic amines) is 1. The standard InChI is InChI=1S/C35H38BrN5S/c1-2-35(15-16-35)33-27-11-5-6-12-30(27)42-31(33)22-40-17-7-8-23(21-40)19-37-32-18-29(39-34-28(36)20-38-41(32)34)26-10-4-3-9-25(26)24-13-14-24/h3-6,9-12,18,20,23-24,37H,2,7-8,13-17,19,21-22H2,1H3. The molecule has 0 spiro atoms. The second kappa shape index (κ2) is 10.8. The third-order valence-electron chi connectivity index (χ3n) is 9.95. The zero-order valence-electron chi connectivity index (χ0n) is 24.3. The predicted molar refractivity (Wildman–Crippen MR) is 178 cm³/mol. The van der Waals surface area contributed by atoms with Crippen LogP contribution in [0.2, 0.25) is 0 Å². The van der Waals surface area contributed by atoms with Crippen molar-refractivity contribution in [3.63, 3.8) is 0 Å². The number of aromatic nitrogens is 3. The third-order valence-corrected chi connectivity index (χ3v) is 11.7. The number of thiophene rings is 1. The maximum atomic E-state index is 5.05. The Morgan fingerprint density at radius 2 is 1.90 bits per heavy atom. The van der Waals surface area contributed by atoms with Crippen LogP contribution in [0.1, 0.15) is 73.8 Å². The van der Waals surface area contributed by atoms with E-state index in [-0.39, 0.29) is 0 Å². The molecule has 1 saturated heterocycles. The van der Waals surface area contributed by atoms with Crippen molar-refractivity contribution in [2.24, 2.45) is 5.92 Å². The number of nitrogens with one attached hydrogen (secondary N) is 1. The van der Waals surface area contributed by atoms with E-state index in [1.807, 2.05) is 22.0 Å². The molecule has 216 valence electrons. The molecule has 2 aliphatic carbocycles. The Balaban J connectivity index is 1.03. The van der Waals surface area contributed by atoms with E-state index in [1.54, 1.807) is 10.4 Å². The fourth-order valence-corrected chi connectivity index (χ4v) is 9.03. The van der Waals surface area contributed by atoms with Gasteiger partial charge in [-0.1, -0.05) is 49.4 Å². The number of piperidine rings is 1. The quantitative estimate of drug-likeness (QED) is 0.175. The van der Waals surface area contributed by atoms with Crippen molar-refractivity contribution in [2.45, 2.75) is 69.7 Å². The van der Waals surface area contributed by atoms with Crippen molar-refractivity contribution in [2.75, 3.05) is 25.0 Å². The third kappa shape index (κ3) is 4.87. The highest BCUT2D eigenvalue weighted by molar-refractivity contribution is 9.10. The molecule has 1 unspecified atom stereocenters. The summed E-state index contributed by atoms with van der Waals surface area (Å²) in [7, 11) is 0. The van der Waals surface area contributed by atoms with Crippen LogP contribution in [-0.4, -0.2) is 39.1 Å². The fraction of sp³-hybridized carbons (Fsp3) is 0.429. The first-order chi connectivity index (χ1) is 20.6. The van der Waals surface area contributed by atoms with Crippen molar-refractivity contribution in [3.05, 3.63) is 81.3 Å². The number of halogens is 1. The zero-order valence-corrected chi connectivity index (χ0v) is 26.7. The van der Waals surface area contributed by atoms with Gasteiger partial charge in [-0.2, -0.15) is 9.61 Å². The largest absolute Gasteiger partial charge is 0.370 e. The number of rotatable bonds is 9. The van der Waals surface area contributed by atoms with Gasteiger partial charge in [0.1, 0.15) is 5.82 Å². The average molecular weight is 641 g/mol. The molecule has 1 N–H and O–H groups in total. The number of benzene rings is 2. The summed E-state index contributed by atoms with van der Waals surface area (Å²) in [6.07, 6.45) is 10.9. The highest BCUT2D eigenvalue weighted by Crippen LogP contribution is 2.56. The van der Waals surface area contributed by atoms with Crippen LogP contribution in [0.15, 0.2) is 65.3 Å². The summed E-state index contributed by atoms with van der Waals surface area (Å²) in [5, 5.41) is 9.99. The molecule has 2 aromatic carbocycles. The van der Waals surface area contributed by atoms with Crippen LogP contribution < -0.4 is 5.32 Å². The lowest BCUT2D eigenvalue weighted by Gasteiger charge is -2.33. The SMILES string of the molecule is CCC1(c2c(CN3CCCC(CNc4cc(-c5ccccc5C5CC5)nc5c(Br)cnn45)C3)sc3ccccc23)CC1. The molecule has 0 amide bonds. The Bertz CT molecular complexity index is 1760. The van der Waals surface area contributed by atoms with Crippen LogP contribution in [0.25, 0.3) is 27.0 Å². The van der Waals surface area contributed by atoms with Crippen molar-refractivity contribution in [1.82, 2.24) is 19.5 Å². The summed E-state index contributed by atoms with van der Waals surface area (Å²) in [5.74, 6) is 2.29. The monoisotopic (exact) mass is 639 g/mol. The van der Waals surface area contributed by atoms with E-state index in [0.717, 1.165) is 41.3 Å². The molecule has 8 rings (SSSR count). The molecule has 3 aromatic heterocycles. The number of fused-ring (bicyclic) bond motifs is 2. The van der Waals surface area contributed by atoms with Crippen LogP contribution in [0, 0.1) is 5.92 Å². The van der Waals surface area contributed by atoms with Gasteiger partial charge in [-0.25, -0.2) is 4.98 Å². The van der Waals surface area contributed by atoms with E-state index in [1.165, 1.54) is 72.7 Å². The van der Waals surface area contributed by atoms with E-state index in [4.69, 9.17) is 4.98 Å². The molecule has 0 radical (unpaired) electrons. The highest BCUT2D eigenvalue weighted by atomic mass is 79.9. The van der Waals surface area contributed by atoms with E-state index < -0.39 is 0 Å². The van der Waals surface area contributed by atoms with Gasteiger partial charge < -0.3 is 5.32 Å². The summed E-state index contributed by atoms with van der Waals surface area (Å²) in [5.41, 5.74) is 6.67. The van der Waals surface area contributed by atoms with Gasteiger partial charge in [0, 0.05) is 40.8 Å². The maximum Gasteiger partial charge on any atom is 0.172 e. The van der Waals surface area contributed by atoms with E-state index in [2.05, 4.69) is 92.8 Å². The fourth-order valence-electron chi connectivity index (χ4n) is 7.31. The summed E-state index contributed by atoms with van der Waals surface area (Å²) in [4.78, 5) is 9.39. The molecule has 7 heteroatoms. The molecule has 0 bridgehead atoms. The molecular weight excluding hydrogens is 602 g/mol.